The van der Waals surface area contributed by atoms with Crippen molar-refractivity contribution in [2.45, 2.75) is 46.8 Å². The van der Waals surface area contributed by atoms with Crippen LogP contribution in [0.15, 0.2) is 0 Å². The molecule has 0 radical (unpaired) electrons. The first-order valence-corrected chi connectivity index (χ1v) is 4.17. The lowest BCUT2D eigenvalue weighted by molar-refractivity contribution is -0.0570. The number of aliphatic hydroxyl groups is 2. The SMILES string of the molecule is CC(CC(O)O)CC(C)(C)C. The molecule has 0 spiro atoms. The topological polar surface area (TPSA) is 40.5 Å². The zero-order valence-electron chi connectivity index (χ0n) is 7.96. The second-order valence-electron chi connectivity index (χ2n) is 4.59. The highest BCUT2D eigenvalue weighted by molar-refractivity contribution is 4.66. The van der Waals surface area contributed by atoms with E-state index in [2.05, 4.69) is 20.8 Å². The van der Waals surface area contributed by atoms with Crippen LogP contribution in [-0.2, 0) is 0 Å². The Kier molecular flexibility index (Phi) is 4.04. The first-order valence-electron chi connectivity index (χ1n) is 4.17. The average molecular weight is 160 g/mol. The van der Waals surface area contributed by atoms with Crippen LogP contribution >= 0.6 is 0 Å². The van der Waals surface area contributed by atoms with Gasteiger partial charge < -0.3 is 10.2 Å². The molecule has 0 saturated heterocycles. The van der Waals surface area contributed by atoms with E-state index in [1.165, 1.54) is 0 Å². The highest BCUT2D eigenvalue weighted by Crippen LogP contribution is 2.26. The molecule has 0 bridgehead atoms. The molecule has 0 aromatic carbocycles. The summed E-state index contributed by atoms with van der Waals surface area (Å²) in [6.45, 7) is 8.53. The van der Waals surface area contributed by atoms with Crippen LogP contribution in [0, 0.1) is 11.3 Å². The van der Waals surface area contributed by atoms with Crippen molar-refractivity contribution >= 4 is 0 Å². The largest absolute Gasteiger partial charge is 0.368 e. The first kappa shape index (κ1) is 10.9. The van der Waals surface area contributed by atoms with E-state index < -0.39 is 6.29 Å². The number of hydrogen-bond acceptors (Lipinski definition) is 2. The standard InChI is InChI=1S/C9H20O2/c1-7(5-8(10)11)6-9(2,3)4/h7-8,10-11H,5-6H2,1-4H3. The van der Waals surface area contributed by atoms with Gasteiger partial charge in [-0.05, 0) is 17.8 Å². The minimum Gasteiger partial charge on any atom is -0.368 e. The van der Waals surface area contributed by atoms with Gasteiger partial charge in [0.15, 0.2) is 6.29 Å². The lowest BCUT2D eigenvalue weighted by atomic mass is 9.84. The molecule has 0 aliphatic rings. The summed E-state index contributed by atoms with van der Waals surface area (Å²) in [7, 11) is 0. The van der Waals surface area contributed by atoms with E-state index in [1.54, 1.807) is 0 Å². The van der Waals surface area contributed by atoms with E-state index in [9.17, 15) is 0 Å². The van der Waals surface area contributed by atoms with Crippen LogP contribution in [-0.4, -0.2) is 16.5 Å². The van der Waals surface area contributed by atoms with E-state index in [0.717, 1.165) is 6.42 Å². The van der Waals surface area contributed by atoms with Gasteiger partial charge in [0.25, 0.3) is 0 Å². The molecule has 0 saturated carbocycles. The van der Waals surface area contributed by atoms with Crippen LogP contribution in [0.4, 0.5) is 0 Å². The molecule has 0 fully saturated rings. The monoisotopic (exact) mass is 160 g/mol. The molecule has 11 heavy (non-hydrogen) atoms. The van der Waals surface area contributed by atoms with Gasteiger partial charge in [-0.15, -0.1) is 0 Å². The first-order chi connectivity index (χ1) is 4.81. The molecule has 0 aromatic rings. The maximum atomic E-state index is 8.68. The summed E-state index contributed by atoms with van der Waals surface area (Å²) < 4.78 is 0. The summed E-state index contributed by atoms with van der Waals surface area (Å²) in [5.41, 5.74) is 0.286. The van der Waals surface area contributed by atoms with Gasteiger partial charge in [-0.25, -0.2) is 0 Å². The summed E-state index contributed by atoms with van der Waals surface area (Å²) in [5.74, 6) is 0.384. The molecule has 0 aromatic heterocycles. The quantitative estimate of drug-likeness (QED) is 0.618. The van der Waals surface area contributed by atoms with Crippen LogP contribution in [0.5, 0.6) is 0 Å². The lowest BCUT2D eigenvalue weighted by Gasteiger charge is -2.23. The fourth-order valence-corrected chi connectivity index (χ4v) is 1.49. The molecule has 0 aliphatic carbocycles. The number of hydrogen-bond donors (Lipinski definition) is 2. The zero-order valence-corrected chi connectivity index (χ0v) is 7.96. The van der Waals surface area contributed by atoms with Crippen molar-refractivity contribution in [1.29, 1.82) is 0 Å². The minimum atomic E-state index is -1.15. The normalized spacial score (nSPS) is 15.5. The van der Waals surface area contributed by atoms with Crippen molar-refractivity contribution in [3.63, 3.8) is 0 Å². The lowest BCUT2D eigenvalue weighted by Crippen LogP contribution is -2.16. The van der Waals surface area contributed by atoms with Crippen LogP contribution in [0.1, 0.15) is 40.5 Å². The van der Waals surface area contributed by atoms with Crippen molar-refractivity contribution in [2.75, 3.05) is 0 Å². The van der Waals surface area contributed by atoms with Crippen molar-refractivity contribution < 1.29 is 10.2 Å². The Morgan fingerprint density at radius 3 is 1.91 bits per heavy atom. The smallest absolute Gasteiger partial charge is 0.151 e. The van der Waals surface area contributed by atoms with Gasteiger partial charge in [-0.3, -0.25) is 0 Å². The average Bonchev–Trinajstić information content (AvgIpc) is 1.53. The molecule has 0 aliphatic heterocycles. The summed E-state index contributed by atoms with van der Waals surface area (Å²) in [6, 6.07) is 0. The van der Waals surface area contributed by atoms with E-state index in [-0.39, 0.29) is 5.41 Å². The van der Waals surface area contributed by atoms with Gasteiger partial charge in [-0.1, -0.05) is 27.7 Å². The Labute approximate surface area is 69.2 Å². The third-order valence-electron chi connectivity index (χ3n) is 1.57. The van der Waals surface area contributed by atoms with Gasteiger partial charge >= 0.3 is 0 Å². The fourth-order valence-electron chi connectivity index (χ4n) is 1.49. The van der Waals surface area contributed by atoms with Crippen molar-refractivity contribution in [3.05, 3.63) is 0 Å². The zero-order chi connectivity index (χ0) is 9.07. The Hall–Kier alpha value is -0.0800. The summed E-state index contributed by atoms with van der Waals surface area (Å²) in [5, 5.41) is 17.4. The maximum absolute atomic E-state index is 8.68. The molecule has 0 heterocycles. The van der Waals surface area contributed by atoms with Crippen LogP contribution in [0.3, 0.4) is 0 Å². The number of rotatable bonds is 3. The van der Waals surface area contributed by atoms with Gasteiger partial charge in [0.05, 0.1) is 0 Å². The molecule has 1 atom stereocenters. The molecule has 68 valence electrons. The van der Waals surface area contributed by atoms with Crippen LogP contribution in [0.25, 0.3) is 0 Å². The molecular weight excluding hydrogens is 140 g/mol. The second kappa shape index (κ2) is 4.07. The summed E-state index contributed by atoms with van der Waals surface area (Å²) in [6.07, 6.45) is 0.370. The number of aliphatic hydroxyl groups excluding tert-OH is 1. The Morgan fingerprint density at radius 1 is 1.18 bits per heavy atom. The molecule has 2 N–H and O–H groups in total. The van der Waals surface area contributed by atoms with Gasteiger partial charge in [-0.2, -0.15) is 0 Å². The predicted molar refractivity (Wildman–Crippen MR) is 46.1 cm³/mol. The Morgan fingerprint density at radius 2 is 1.64 bits per heavy atom. The minimum absolute atomic E-state index is 0.286. The molecule has 0 amide bonds. The molecular formula is C9H20O2. The van der Waals surface area contributed by atoms with Gasteiger partial charge in [0.1, 0.15) is 0 Å². The molecule has 0 rings (SSSR count). The van der Waals surface area contributed by atoms with E-state index in [4.69, 9.17) is 10.2 Å². The van der Waals surface area contributed by atoms with Crippen molar-refractivity contribution in [2.24, 2.45) is 11.3 Å². The predicted octanol–water partition coefficient (Wildman–Crippen LogP) is 1.76. The van der Waals surface area contributed by atoms with E-state index in [0.29, 0.717) is 12.3 Å². The van der Waals surface area contributed by atoms with E-state index >= 15 is 0 Å². The summed E-state index contributed by atoms with van der Waals surface area (Å²) >= 11 is 0. The van der Waals surface area contributed by atoms with Crippen molar-refractivity contribution in [1.82, 2.24) is 0 Å². The highest BCUT2D eigenvalue weighted by Gasteiger charge is 2.16. The van der Waals surface area contributed by atoms with Crippen LogP contribution in [0.2, 0.25) is 0 Å². The molecule has 2 heteroatoms. The molecule has 2 nitrogen and oxygen atoms in total. The second-order valence-corrected chi connectivity index (χ2v) is 4.59. The fraction of sp³-hybridized carbons (Fsp3) is 1.00. The van der Waals surface area contributed by atoms with Crippen LogP contribution < -0.4 is 0 Å². The van der Waals surface area contributed by atoms with Gasteiger partial charge in [0, 0.05) is 6.42 Å². The van der Waals surface area contributed by atoms with Gasteiger partial charge in [0.2, 0.25) is 0 Å². The maximum Gasteiger partial charge on any atom is 0.151 e. The Balaban J connectivity index is 3.61. The summed E-state index contributed by atoms with van der Waals surface area (Å²) in [4.78, 5) is 0. The van der Waals surface area contributed by atoms with E-state index in [1.807, 2.05) is 6.92 Å². The third-order valence-corrected chi connectivity index (χ3v) is 1.57. The molecule has 1 unspecified atom stereocenters. The Bertz CT molecular complexity index is 103. The third kappa shape index (κ3) is 7.82. The highest BCUT2D eigenvalue weighted by atomic mass is 16.5. The van der Waals surface area contributed by atoms with Crippen molar-refractivity contribution in [3.8, 4) is 0 Å².